The van der Waals surface area contributed by atoms with E-state index in [1.165, 1.54) is 11.9 Å². The van der Waals surface area contributed by atoms with Gasteiger partial charge in [0.05, 0.1) is 16.9 Å². The molecular formula is C30H28ClN7O2S. The van der Waals surface area contributed by atoms with E-state index in [9.17, 15) is 9.59 Å². The van der Waals surface area contributed by atoms with Gasteiger partial charge in [0.15, 0.2) is 0 Å². The quantitative estimate of drug-likeness (QED) is 0.107. The van der Waals surface area contributed by atoms with E-state index < -0.39 is 0 Å². The van der Waals surface area contributed by atoms with Crippen LogP contribution in [0.25, 0.3) is 22.2 Å². The molecule has 0 aliphatic heterocycles. The standard InChI is InChI=1S/C30H28ClN7O2S/c1-2-41-38-27(39)14-15-32-20-12-10-19(11-13-20)29(40)35-21-6-5-7-22(16-21)36-30-34-18-25(31)28(37-30)24-17-33-26-9-4-3-8-23(24)26/h3-13,16-18,32-33H,2,14-15H2,1H3,(H,35,40)(H,38,39)(H,34,36,37). The molecule has 0 aliphatic rings. The smallest absolute Gasteiger partial charge is 0.255 e. The van der Waals surface area contributed by atoms with Crippen molar-refractivity contribution in [3.8, 4) is 11.3 Å². The van der Waals surface area contributed by atoms with E-state index in [1.54, 1.807) is 30.5 Å². The molecule has 41 heavy (non-hydrogen) atoms. The lowest BCUT2D eigenvalue weighted by Crippen LogP contribution is -2.19. The van der Waals surface area contributed by atoms with Gasteiger partial charge in [0.2, 0.25) is 11.9 Å². The lowest BCUT2D eigenvalue weighted by molar-refractivity contribution is -0.118. The number of rotatable bonds is 11. The van der Waals surface area contributed by atoms with Gasteiger partial charge in [0, 0.05) is 64.0 Å². The SMILES string of the molecule is CCSNC(=O)CCNc1ccc(C(=O)Nc2cccc(Nc3ncc(Cl)c(-c4c[nH]c5ccccc45)n3)c2)cc1. The first kappa shape index (κ1) is 28.0. The van der Waals surface area contributed by atoms with Gasteiger partial charge >= 0.3 is 0 Å². The Kier molecular flexibility index (Phi) is 9.02. The van der Waals surface area contributed by atoms with Crippen LogP contribution in [0.1, 0.15) is 23.7 Å². The van der Waals surface area contributed by atoms with Crippen molar-refractivity contribution < 1.29 is 9.59 Å². The molecular weight excluding hydrogens is 558 g/mol. The number of hydrogen-bond donors (Lipinski definition) is 5. The Morgan fingerprint density at radius 3 is 2.61 bits per heavy atom. The number of carbonyl (C=O) groups excluding carboxylic acids is 2. The van der Waals surface area contributed by atoms with Crippen molar-refractivity contribution >= 4 is 69.3 Å². The maximum Gasteiger partial charge on any atom is 0.255 e. The summed E-state index contributed by atoms with van der Waals surface area (Å²) in [6, 6.07) is 22.3. The molecule has 0 spiro atoms. The molecule has 0 atom stereocenters. The number of carbonyl (C=O) groups is 2. The number of benzene rings is 3. The fourth-order valence-electron chi connectivity index (χ4n) is 4.15. The number of aromatic amines is 1. The summed E-state index contributed by atoms with van der Waals surface area (Å²) < 4.78 is 2.77. The molecule has 0 fully saturated rings. The second-order valence-electron chi connectivity index (χ2n) is 9.01. The minimum absolute atomic E-state index is 0.0191. The van der Waals surface area contributed by atoms with Crippen LogP contribution < -0.4 is 20.7 Å². The largest absolute Gasteiger partial charge is 0.385 e. The molecule has 0 unspecified atom stereocenters. The van der Waals surface area contributed by atoms with Crippen molar-refractivity contribution in [3.63, 3.8) is 0 Å². The monoisotopic (exact) mass is 585 g/mol. The predicted octanol–water partition coefficient (Wildman–Crippen LogP) is 6.86. The molecule has 5 N–H and O–H groups in total. The summed E-state index contributed by atoms with van der Waals surface area (Å²) in [6.07, 6.45) is 3.82. The van der Waals surface area contributed by atoms with Crippen molar-refractivity contribution in [2.45, 2.75) is 13.3 Å². The van der Waals surface area contributed by atoms with Crippen molar-refractivity contribution in [2.75, 3.05) is 28.2 Å². The van der Waals surface area contributed by atoms with Gasteiger partial charge in [-0.3, -0.25) is 9.59 Å². The minimum atomic E-state index is -0.242. The first-order valence-corrected chi connectivity index (χ1v) is 14.4. The van der Waals surface area contributed by atoms with E-state index in [4.69, 9.17) is 11.6 Å². The molecule has 0 aliphatic carbocycles. The molecule has 0 bridgehead atoms. The first-order valence-electron chi connectivity index (χ1n) is 13.0. The van der Waals surface area contributed by atoms with E-state index in [0.29, 0.717) is 46.6 Å². The third kappa shape index (κ3) is 7.16. The normalized spacial score (nSPS) is 10.8. The Morgan fingerprint density at radius 2 is 1.78 bits per heavy atom. The summed E-state index contributed by atoms with van der Waals surface area (Å²) in [4.78, 5) is 36.8. The highest BCUT2D eigenvalue weighted by Gasteiger charge is 2.13. The fourth-order valence-corrected chi connectivity index (χ4v) is 4.75. The molecule has 5 aromatic rings. The molecule has 0 saturated heterocycles. The van der Waals surface area contributed by atoms with Gasteiger partial charge in [-0.25, -0.2) is 9.97 Å². The van der Waals surface area contributed by atoms with E-state index in [1.807, 2.05) is 61.7 Å². The molecule has 208 valence electrons. The number of nitrogens with one attached hydrogen (secondary N) is 5. The van der Waals surface area contributed by atoms with Crippen LogP contribution in [0.5, 0.6) is 0 Å². The van der Waals surface area contributed by atoms with Gasteiger partial charge in [0.1, 0.15) is 0 Å². The molecule has 3 aromatic carbocycles. The molecule has 2 heterocycles. The van der Waals surface area contributed by atoms with Crippen molar-refractivity contribution in [1.82, 2.24) is 19.7 Å². The Bertz CT molecular complexity index is 1670. The molecule has 2 amide bonds. The number of hydrogen-bond acceptors (Lipinski definition) is 7. The average molecular weight is 586 g/mol. The summed E-state index contributed by atoms with van der Waals surface area (Å²) in [6.45, 7) is 2.48. The van der Waals surface area contributed by atoms with Gasteiger partial charge in [-0.1, -0.05) is 54.7 Å². The third-order valence-corrected chi connectivity index (χ3v) is 7.06. The van der Waals surface area contributed by atoms with Crippen molar-refractivity contribution in [2.24, 2.45) is 0 Å². The number of aromatic nitrogens is 3. The second kappa shape index (κ2) is 13.2. The third-order valence-electron chi connectivity index (χ3n) is 6.12. The molecule has 11 heteroatoms. The molecule has 5 rings (SSSR count). The van der Waals surface area contributed by atoms with Gasteiger partial charge in [0.25, 0.3) is 5.91 Å². The van der Waals surface area contributed by atoms with Crippen LogP contribution in [-0.2, 0) is 4.79 Å². The van der Waals surface area contributed by atoms with Crippen LogP contribution in [-0.4, -0.2) is 39.1 Å². The highest BCUT2D eigenvalue weighted by Crippen LogP contribution is 2.32. The van der Waals surface area contributed by atoms with Gasteiger partial charge in [-0.15, -0.1) is 0 Å². The number of nitrogens with zero attached hydrogens (tertiary/aromatic N) is 2. The van der Waals surface area contributed by atoms with E-state index in [-0.39, 0.29) is 11.8 Å². The van der Waals surface area contributed by atoms with Crippen molar-refractivity contribution in [1.29, 1.82) is 0 Å². The minimum Gasteiger partial charge on any atom is -0.385 e. The number of para-hydroxylation sites is 1. The fraction of sp³-hybridized carbons (Fsp3) is 0.133. The Morgan fingerprint density at radius 1 is 0.976 bits per heavy atom. The number of amides is 2. The Balaban J connectivity index is 1.21. The average Bonchev–Trinajstić information content (AvgIpc) is 3.42. The van der Waals surface area contributed by atoms with E-state index in [0.717, 1.165) is 27.9 Å². The van der Waals surface area contributed by atoms with Crippen molar-refractivity contribution in [3.05, 3.63) is 95.8 Å². The van der Waals surface area contributed by atoms with Crippen LogP contribution in [0, 0.1) is 0 Å². The zero-order chi connectivity index (χ0) is 28.6. The number of H-pyrrole nitrogens is 1. The number of anilines is 4. The topological polar surface area (TPSA) is 124 Å². The first-order chi connectivity index (χ1) is 20.0. The number of halogens is 1. The van der Waals surface area contributed by atoms with Crippen LogP contribution >= 0.6 is 23.5 Å². The highest BCUT2D eigenvalue weighted by atomic mass is 35.5. The summed E-state index contributed by atoms with van der Waals surface area (Å²) in [5, 5.41) is 10.8. The van der Waals surface area contributed by atoms with Gasteiger partial charge < -0.3 is 25.7 Å². The highest BCUT2D eigenvalue weighted by molar-refractivity contribution is 7.97. The summed E-state index contributed by atoms with van der Waals surface area (Å²) in [5.74, 6) is 0.944. The molecule has 0 saturated carbocycles. The molecule has 2 aromatic heterocycles. The van der Waals surface area contributed by atoms with Gasteiger partial charge in [-0.05, 0) is 48.5 Å². The second-order valence-corrected chi connectivity index (χ2v) is 10.5. The lowest BCUT2D eigenvalue weighted by Gasteiger charge is -2.11. The van der Waals surface area contributed by atoms with Gasteiger partial charge in [-0.2, -0.15) is 0 Å². The summed E-state index contributed by atoms with van der Waals surface area (Å²) >= 11 is 7.84. The van der Waals surface area contributed by atoms with Crippen LogP contribution in [0.4, 0.5) is 23.0 Å². The zero-order valence-electron chi connectivity index (χ0n) is 22.2. The summed E-state index contributed by atoms with van der Waals surface area (Å²) in [5.41, 5.74) is 5.15. The van der Waals surface area contributed by atoms with E-state index >= 15 is 0 Å². The Labute approximate surface area is 246 Å². The van der Waals surface area contributed by atoms with Crippen LogP contribution in [0.2, 0.25) is 5.02 Å². The Hall–Kier alpha value is -4.54. The lowest BCUT2D eigenvalue weighted by atomic mass is 10.1. The maximum atomic E-state index is 12.9. The maximum absolute atomic E-state index is 12.9. The van der Waals surface area contributed by atoms with E-state index in [2.05, 4.69) is 35.6 Å². The predicted molar refractivity (Wildman–Crippen MR) is 168 cm³/mol. The number of fused-ring (bicyclic) bond motifs is 1. The summed E-state index contributed by atoms with van der Waals surface area (Å²) in [7, 11) is 0. The molecule has 9 nitrogen and oxygen atoms in total. The van der Waals surface area contributed by atoms with Crippen LogP contribution in [0.3, 0.4) is 0 Å². The molecule has 0 radical (unpaired) electrons. The zero-order valence-corrected chi connectivity index (χ0v) is 23.8. The van der Waals surface area contributed by atoms with Crippen LogP contribution in [0.15, 0.2) is 85.2 Å².